The monoisotopic (exact) mass is 307 g/mol. The van der Waals surface area contributed by atoms with Gasteiger partial charge in [0.1, 0.15) is 0 Å². The first-order chi connectivity index (χ1) is 11.1. The van der Waals surface area contributed by atoms with Gasteiger partial charge in [-0.3, -0.25) is 0 Å². The fourth-order valence-electron chi connectivity index (χ4n) is 2.88. The summed E-state index contributed by atoms with van der Waals surface area (Å²) in [6.07, 6.45) is 0.113. The quantitative estimate of drug-likeness (QED) is 0.667. The van der Waals surface area contributed by atoms with Crippen LogP contribution in [0, 0.1) is 0 Å². The third-order valence-corrected chi connectivity index (χ3v) is 3.98. The number of rotatable bonds is 4. The maximum absolute atomic E-state index is 6.25. The topological polar surface area (TPSA) is 18.0 Å². The molecule has 0 aliphatic heterocycles. The summed E-state index contributed by atoms with van der Waals surface area (Å²) in [4.78, 5) is 0. The van der Waals surface area contributed by atoms with E-state index in [-0.39, 0.29) is 6.10 Å². The van der Waals surface area contributed by atoms with Crippen molar-refractivity contribution in [2.45, 2.75) is 20.0 Å². The van der Waals surface area contributed by atoms with E-state index in [1.54, 1.807) is 0 Å². The highest BCUT2D eigenvalue weighted by Crippen LogP contribution is 2.37. The normalized spacial score (nSPS) is 11.0. The molecule has 3 aromatic rings. The molecule has 0 atom stereocenters. The molecule has 0 aliphatic rings. The zero-order valence-electron chi connectivity index (χ0n) is 14.2. The van der Waals surface area contributed by atoms with Crippen LogP contribution in [0.2, 0.25) is 0 Å². The highest BCUT2D eigenvalue weighted by Gasteiger charge is 2.30. The average molecular weight is 307 g/mol. The van der Waals surface area contributed by atoms with E-state index in [4.69, 9.17) is 4.74 Å². The van der Waals surface area contributed by atoms with Gasteiger partial charge >= 0.3 is 0 Å². The Morgan fingerprint density at radius 3 is 1.91 bits per heavy atom. The van der Waals surface area contributed by atoms with E-state index < -0.39 is 0 Å². The number of hydrogen-bond donors (Lipinski definition) is 0. The second-order valence-electron chi connectivity index (χ2n) is 5.97. The predicted octanol–water partition coefficient (Wildman–Crippen LogP) is 3.97. The van der Waals surface area contributed by atoms with Crippen molar-refractivity contribution in [2.24, 2.45) is 14.1 Å². The van der Waals surface area contributed by atoms with Crippen molar-refractivity contribution in [3.63, 3.8) is 0 Å². The first kappa shape index (κ1) is 15.3. The van der Waals surface area contributed by atoms with Crippen molar-refractivity contribution in [2.75, 3.05) is 0 Å². The number of hydrogen-bond acceptors (Lipinski definition) is 1. The van der Waals surface area contributed by atoms with E-state index in [1.165, 1.54) is 0 Å². The summed E-state index contributed by atoms with van der Waals surface area (Å²) < 4.78 is 10.5. The van der Waals surface area contributed by atoms with Gasteiger partial charge in [-0.05, 0) is 26.0 Å². The second-order valence-corrected chi connectivity index (χ2v) is 5.97. The number of benzene rings is 2. The Kier molecular flexibility index (Phi) is 4.20. The van der Waals surface area contributed by atoms with Crippen LogP contribution in [0.15, 0.2) is 60.7 Å². The molecule has 0 saturated heterocycles. The average Bonchev–Trinajstić information content (AvgIpc) is 2.79. The summed E-state index contributed by atoms with van der Waals surface area (Å²) in [6, 6.07) is 20.8. The van der Waals surface area contributed by atoms with Crippen molar-refractivity contribution in [3.8, 4) is 28.3 Å². The van der Waals surface area contributed by atoms with Gasteiger partial charge in [0.15, 0.2) is 12.7 Å². The number of aromatic nitrogens is 2. The van der Waals surface area contributed by atoms with Crippen LogP contribution in [0.5, 0.6) is 5.75 Å². The van der Waals surface area contributed by atoms with Gasteiger partial charge < -0.3 is 4.74 Å². The molecule has 0 radical (unpaired) electrons. The van der Waals surface area contributed by atoms with E-state index in [0.29, 0.717) is 0 Å². The summed E-state index contributed by atoms with van der Waals surface area (Å²) in [5.74, 6) is 0.933. The van der Waals surface area contributed by atoms with Gasteiger partial charge in [0.05, 0.1) is 18.7 Å². The molecule has 0 saturated carbocycles. The highest BCUT2D eigenvalue weighted by atomic mass is 16.5. The van der Waals surface area contributed by atoms with Crippen molar-refractivity contribution in [1.29, 1.82) is 0 Å². The maximum Gasteiger partial charge on any atom is 0.280 e. The fourth-order valence-corrected chi connectivity index (χ4v) is 2.88. The lowest BCUT2D eigenvalue weighted by atomic mass is 10.1. The summed E-state index contributed by atoms with van der Waals surface area (Å²) in [5.41, 5.74) is 4.51. The standard InChI is InChI=1S/C20H23N2O/c1-15(2)23-20-18(16-11-7-5-8-12-16)21(3)22(4)19(20)17-13-9-6-10-14-17/h5-15H,1-4H3/q+1. The maximum atomic E-state index is 6.25. The van der Waals surface area contributed by atoms with Crippen LogP contribution in [0.1, 0.15) is 13.8 Å². The summed E-state index contributed by atoms with van der Waals surface area (Å²) >= 11 is 0. The smallest absolute Gasteiger partial charge is 0.280 e. The third-order valence-electron chi connectivity index (χ3n) is 3.98. The SMILES string of the molecule is CC(C)Oc1c(-c2ccccc2)n(C)[n+](C)c1-c1ccccc1. The Morgan fingerprint density at radius 2 is 1.39 bits per heavy atom. The Hall–Kier alpha value is -2.55. The summed E-state index contributed by atoms with van der Waals surface area (Å²) in [6.45, 7) is 4.13. The van der Waals surface area contributed by atoms with E-state index in [2.05, 4.69) is 85.8 Å². The molecule has 0 N–H and O–H groups in total. The molecule has 0 bridgehead atoms. The Bertz CT molecular complexity index is 727. The van der Waals surface area contributed by atoms with Gasteiger partial charge in [-0.25, -0.2) is 0 Å². The third kappa shape index (κ3) is 2.87. The molecule has 0 aliphatic carbocycles. The second kappa shape index (κ2) is 6.29. The van der Waals surface area contributed by atoms with E-state index >= 15 is 0 Å². The number of ether oxygens (including phenoxy) is 1. The zero-order chi connectivity index (χ0) is 16.4. The van der Waals surface area contributed by atoms with Crippen molar-refractivity contribution >= 4 is 0 Å². The molecule has 0 amide bonds. The van der Waals surface area contributed by atoms with Crippen LogP contribution in [0.25, 0.3) is 22.5 Å². The lowest BCUT2D eigenvalue weighted by molar-refractivity contribution is -0.740. The predicted molar refractivity (Wildman–Crippen MR) is 93.2 cm³/mol. The first-order valence-electron chi connectivity index (χ1n) is 7.96. The zero-order valence-corrected chi connectivity index (χ0v) is 14.2. The molecule has 1 aromatic heterocycles. The van der Waals surface area contributed by atoms with E-state index in [0.717, 1.165) is 28.3 Å². The van der Waals surface area contributed by atoms with Crippen LogP contribution in [-0.2, 0) is 14.1 Å². The molecule has 118 valence electrons. The van der Waals surface area contributed by atoms with Gasteiger partial charge in [0.2, 0.25) is 5.75 Å². The van der Waals surface area contributed by atoms with Gasteiger partial charge in [-0.2, -0.15) is 4.68 Å². The van der Waals surface area contributed by atoms with Crippen LogP contribution in [0.3, 0.4) is 0 Å². The van der Waals surface area contributed by atoms with Crippen LogP contribution in [0.4, 0.5) is 0 Å². The Balaban J connectivity index is 2.28. The lowest BCUT2D eigenvalue weighted by Crippen LogP contribution is -2.39. The van der Waals surface area contributed by atoms with Crippen LogP contribution < -0.4 is 9.42 Å². The molecular weight excluding hydrogens is 284 g/mol. The minimum absolute atomic E-state index is 0.113. The molecule has 3 nitrogen and oxygen atoms in total. The van der Waals surface area contributed by atoms with Crippen LogP contribution >= 0.6 is 0 Å². The molecule has 0 fully saturated rings. The molecule has 0 spiro atoms. The van der Waals surface area contributed by atoms with Crippen LogP contribution in [-0.4, -0.2) is 10.8 Å². The van der Waals surface area contributed by atoms with E-state index in [9.17, 15) is 0 Å². The summed E-state index contributed by atoms with van der Waals surface area (Å²) in [7, 11) is 4.14. The Labute approximate surface area is 137 Å². The van der Waals surface area contributed by atoms with Gasteiger partial charge in [-0.15, -0.1) is 4.68 Å². The molecule has 0 unspecified atom stereocenters. The lowest BCUT2D eigenvalue weighted by Gasteiger charge is -2.10. The van der Waals surface area contributed by atoms with Crippen molar-refractivity contribution in [1.82, 2.24) is 4.68 Å². The summed E-state index contributed by atoms with van der Waals surface area (Å²) in [5, 5.41) is 0. The minimum Gasteiger partial charge on any atom is -0.483 e. The highest BCUT2D eigenvalue weighted by molar-refractivity contribution is 5.76. The first-order valence-corrected chi connectivity index (χ1v) is 7.96. The minimum atomic E-state index is 0.113. The van der Waals surface area contributed by atoms with Gasteiger partial charge in [0, 0.05) is 5.56 Å². The van der Waals surface area contributed by atoms with Crippen molar-refractivity contribution in [3.05, 3.63) is 60.7 Å². The molecule has 3 rings (SSSR count). The van der Waals surface area contributed by atoms with Gasteiger partial charge in [0.25, 0.3) is 5.69 Å². The van der Waals surface area contributed by atoms with Gasteiger partial charge in [-0.1, -0.05) is 48.5 Å². The largest absolute Gasteiger partial charge is 0.483 e. The molecule has 1 heterocycles. The number of nitrogens with zero attached hydrogens (tertiary/aromatic N) is 2. The fraction of sp³-hybridized carbons (Fsp3) is 0.250. The van der Waals surface area contributed by atoms with Crippen molar-refractivity contribution < 1.29 is 9.42 Å². The molecule has 2 aromatic carbocycles. The molecule has 3 heteroatoms. The van der Waals surface area contributed by atoms with E-state index in [1.807, 2.05) is 12.1 Å². The Morgan fingerprint density at radius 1 is 0.870 bits per heavy atom. The molecule has 23 heavy (non-hydrogen) atoms. The molecular formula is C20H23N2O+.